The molecule has 1 aromatic carbocycles. The molecular weight excluding hydrogens is 466 g/mol. The molecule has 0 atom stereocenters. The number of amides is 1. The van der Waals surface area contributed by atoms with Gasteiger partial charge < -0.3 is 19.6 Å². The van der Waals surface area contributed by atoms with Crippen LogP contribution in [0.25, 0.3) is 10.9 Å². The largest absolute Gasteiger partial charge is 0.496 e. The number of hydrogen-bond acceptors (Lipinski definition) is 4. The quantitative estimate of drug-likeness (QED) is 0.460. The molecule has 0 bridgehead atoms. The van der Waals surface area contributed by atoms with Crippen LogP contribution in [0.1, 0.15) is 46.6 Å². The van der Waals surface area contributed by atoms with E-state index in [-0.39, 0.29) is 24.6 Å². The Morgan fingerprint density at radius 1 is 1.22 bits per heavy atom. The molecule has 1 amide bonds. The summed E-state index contributed by atoms with van der Waals surface area (Å²) in [6, 6.07) is 9.56. The molecule has 1 fully saturated rings. The predicted octanol–water partition coefficient (Wildman–Crippen LogP) is 4.25. The molecule has 1 aliphatic rings. The number of benzene rings is 1. The summed E-state index contributed by atoms with van der Waals surface area (Å²) in [7, 11) is 1.50. The summed E-state index contributed by atoms with van der Waals surface area (Å²) in [5, 5.41) is 3.77. The van der Waals surface area contributed by atoms with E-state index in [9.17, 15) is 18.4 Å². The van der Waals surface area contributed by atoms with Crippen molar-refractivity contribution in [3.8, 4) is 5.75 Å². The Bertz CT molecular complexity index is 1280. The highest BCUT2D eigenvalue weighted by atomic mass is 19.3. The number of para-hydroxylation sites is 1. The van der Waals surface area contributed by atoms with Gasteiger partial charge in [0.1, 0.15) is 5.75 Å². The predicted molar refractivity (Wildman–Crippen MR) is 136 cm³/mol. The van der Waals surface area contributed by atoms with Gasteiger partial charge in [-0.25, -0.2) is 8.78 Å². The van der Waals surface area contributed by atoms with E-state index < -0.39 is 6.43 Å². The first-order valence-corrected chi connectivity index (χ1v) is 12.4. The molecule has 194 valence electrons. The number of aromatic nitrogens is 2. The number of H-pyrrole nitrogens is 1. The minimum absolute atomic E-state index is 0.0494. The summed E-state index contributed by atoms with van der Waals surface area (Å²) in [5.41, 5.74) is 3.22. The Kier molecular flexibility index (Phi) is 8.08. The number of likely N-dealkylation sites (tertiary alicyclic amines) is 1. The monoisotopic (exact) mass is 500 g/mol. The first-order chi connectivity index (χ1) is 17.3. The van der Waals surface area contributed by atoms with Crippen LogP contribution in [0.15, 0.2) is 35.1 Å². The van der Waals surface area contributed by atoms with Crippen LogP contribution in [0.2, 0.25) is 0 Å². The number of fused-ring (bicyclic) bond motifs is 1. The molecule has 0 saturated carbocycles. The topological polar surface area (TPSA) is 79.4 Å². The Morgan fingerprint density at radius 2 is 1.94 bits per heavy atom. The molecule has 2 N–H and O–H groups in total. The van der Waals surface area contributed by atoms with Crippen molar-refractivity contribution in [1.82, 2.24) is 19.8 Å². The van der Waals surface area contributed by atoms with Crippen LogP contribution < -0.4 is 15.6 Å². The van der Waals surface area contributed by atoms with E-state index in [1.54, 1.807) is 13.0 Å². The highest BCUT2D eigenvalue weighted by Gasteiger charge is 2.24. The van der Waals surface area contributed by atoms with E-state index in [0.717, 1.165) is 42.4 Å². The van der Waals surface area contributed by atoms with Gasteiger partial charge in [-0.05, 0) is 64.3 Å². The van der Waals surface area contributed by atoms with Crippen LogP contribution in [0.3, 0.4) is 0 Å². The second-order valence-corrected chi connectivity index (χ2v) is 9.56. The molecule has 3 heterocycles. The van der Waals surface area contributed by atoms with E-state index in [4.69, 9.17) is 4.74 Å². The number of alkyl halides is 2. The molecule has 3 aromatic rings. The average Bonchev–Trinajstić information content (AvgIpc) is 3.13. The highest BCUT2D eigenvalue weighted by molar-refractivity contribution is 6.08. The van der Waals surface area contributed by atoms with Crippen LogP contribution >= 0.6 is 0 Å². The Hall–Kier alpha value is -3.20. The number of methoxy groups -OCH3 is 1. The van der Waals surface area contributed by atoms with Crippen LogP contribution in [0.4, 0.5) is 8.78 Å². The zero-order chi connectivity index (χ0) is 25.8. The van der Waals surface area contributed by atoms with Gasteiger partial charge in [0.15, 0.2) is 0 Å². The number of carbonyl (C=O) groups is 1. The fraction of sp³-hybridized carbons (Fsp3) is 0.481. The number of aromatic amines is 1. The third-order valence-electron chi connectivity index (χ3n) is 7.20. The number of nitrogens with one attached hydrogen (secondary N) is 2. The van der Waals surface area contributed by atoms with E-state index in [1.165, 1.54) is 7.11 Å². The number of rotatable bonds is 9. The Balaban J connectivity index is 1.49. The molecule has 0 aliphatic carbocycles. The molecule has 2 aromatic heterocycles. The molecular formula is C27H34F2N4O3. The van der Waals surface area contributed by atoms with Crippen LogP contribution in [0, 0.1) is 19.8 Å². The van der Waals surface area contributed by atoms with Gasteiger partial charge in [-0.3, -0.25) is 14.5 Å². The van der Waals surface area contributed by atoms with Gasteiger partial charge in [0.05, 0.1) is 31.3 Å². The number of ether oxygens (including phenoxy) is 1. The number of piperidine rings is 1. The summed E-state index contributed by atoms with van der Waals surface area (Å²) < 4.78 is 32.9. The highest BCUT2D eigenvalue weighted by Crippen LogP contribution is 2.29. The van der Waals surface area contributed by atoms with Crippen LogP contribution in [0.5, 0.6) is 5.75 Å². The van der Waals surface area contributed by atoms with E-state index >= 15 is 0 Å². The van der Waals surface area contributed by atoms with Crippen molar-refractivity contribution in [2.45, 2.75) is 52.6 Å². The van der Waals surface area contributed by atoms with Crippen molar-refractivity contribution in [2.75, 3.05) is 26.7 Å². The molecule has 1 aliphatic heterocycles. The molecule has 0 spiro atoms. The number of pyridine rings is 1. The second-order valence-electron chi connectivity index (χ2n) is 9.56. The summed E-state index contributed by atoms with van der Waals surface area (Å²) in [6.45, 7) is 5.78. The lowest BCUT2D eigenvalue weighted by Crippen LogP contribution is -2.37. The Morgan fingerprint density at radius 3 is 2.64 bits per heavy atom. The fourth-order valence-electron chi connectivity index (χ4n) is 5.26. The van der Waals surface area contributed by atoms with Crippen molar-refractivity contribution in [1.29, 1.82) is 0 Å². The number of aryl methyl sites for hydroxylation is 2. The second kappa shape index (κ2) is 11.2. The third kappa shape index (κ3) is 5.61. The van der Waals surface area contributed by atoms with Crippen molar-refractivity contribution in [3.05, 3.63) is 63.2 Å². The normalized spacial score (nSPS) is 15.1. The number of hydrogen-bond donors (Lipinski definition) is 2. The van der Waals surface area contributed by atoms with E-state index in [0.29, 0.717) is 41.6 Å². The number of carbonyl (C=O) groups excluding carboxylic acids is 1. The molecule has 0 radical (unpaired) electrons. The number of nitrogens with zero attached hydrogens (tertiary/aromatic N) is 2. The van der Waals surface area contributed by atoms with Crippen molar-refractivity contribution >= 4 is 16.8 Å². The lowest BCUT2D eigenvalue weighted by molar-refractivity contribution is 0.0676. The van der Waals surface area contributed by atoms with Gasteiger partial charge in [-0.1, -0.05) is 18.2 Å². The minimum Gasteiger partial charge on any atom is -0.496 e. The summed E-state index contributed by atoms with van der Waals surface area (Å²) in [4.78, 5) is 30.4. The zero-order valence-corrected chi connectivity index (χ0v) is 21.1. The maximum Gasteiger partial charge on any atom is 0.256 e. The van der Waals surface area contributed by atoms with Gasteiger partial charge >= 0.3 is 0 Å². The maximum absolute atomic E-state index is 13.3. The lowest BCUT2D eigenvalue weighted by atomic mass is 9.93. The maximum atomic E-state index is 13.3. The van der Waals surface area contributed by atoms with E-state index in [1.807, 2.05) is 36.1 Å². The van der Waals surface area contributed by atoms with Gasteiger partial charge in [0.25, 0.3) is 17.9 Å². The van der Waals surface area contributed by atoms with Gasteiger partial charge in [-0.2, -0.15) is 0 Å². The smallest absolute Gasteiger partial charge is 0.256 e. The summed E-state index contributed by atoms with van der Waals surface area (Å²) in [5.74, 6) is 0.664. The lowest BCUT2D eigenvalue weighted by Gasteiger charge is -2.31. The van der Waals surface area contributed by atoms with E-state index in [2.05, 4.69) is 14.9 Å². The molecule has 4 rings (SSSR count). The van der Waals surface area contributed by atoms with Gasteiger partial charge in [-0.15, -0.1) is 0 Å². The van der Waals surface area contributed by atoms with Crippen LogP contribution in [-0.4, -0.2) is 53.5 Å². The molecule has 9 heteroatoms. The molecule has 1 saturated heterocycles. The first kappa shape index (κ1) is 25.9. The SMILES string of the molecule is COc1cc(C)[nH]c(=O)c1CNC(=O)c1c(C)n(CCC2CCN(CC(F)F)CC2)c2ccccc12. The molecule has 7 nitrogen and oxygen atoms in total. The third-order valence-corrected chi connectivity index (χ3v) is 7.20. The van der Waals surface area contributed by atoms with Crippen LogP contribution in [-0.2, 0) is 13.1 Å². The van der Waals surface area contributed by atoms with Crippen molar-refractivity contribution in [3.63, 3.8) is 0 Å². The number of halogens is 2. The summed E-state index contributed by atoms with van der Waals surface area (Å²) in [6.07, 6.45) is 0.459. The average molecular weight is 501 g/mol. The summed E-state index contributed by atoms with van der Waals surface area (Å²) >= 11 is 0. The molecule has 36 heavy (non-hydrogen) atoms. The minimum atomic E-state index is -2.29. The van der Waals surface area contributed by atoms with Gasteiger partial charge in [0, 0.05) is 28.8 Å². The first-order valence-electron chi connectivity index (χ1n) is 12.4. The molecule has 0 unspecified atom stereocenters. The zero-order valence-electron chi connectivity index (χ0n) is 21.1. The Labute approximate surface area is 209 Å². The standard InChI is InChI=1S/C27H34F2N4O3/c1-17-14-23(36-3)21(26(34)31-17)15-30-27(35)25-18(2)33(22-7-5-4-6-20(22)25)13-10-19-8-11-32(12-9-19)16-24(28)29/h4-7,14,19,24H,8-13,15-16H2,1-3H3,(H,30,35)(H,31,34). The van der Waals surface area contributed by atoms with Crippen molar-refractivity contribution in [2.24, 2.45) is 5.92 Å². The van der Waals surface area contributed by atoms with Crippen molar-refractivity contribution < 1.29 is 18.3 Å². The fourth-order valence-corrected chi connectivity index (χ4v) is 5.26. The van der Waals surface area contributed by atoms with Gasteiger partial charge in [0.2, 0.25) is 0 Å².